The molecular weight excluding hydrogens is 340 g/mol. The first-order valence-corrected chi connectivity index (χ1v) is 9.72. The van der Waals surface area contributed by atoms with E-state index in [1.165, 1.54) is 33.4 Å². The number of aliphatic hydroxyl groups is 2. The summed E-state index contributed by atoms with van der Waals surface area (Å²) in [5, 5.41) is 18.1. The van der Waals surface area contributed by atoms with Crippen LogP contribution in [0.25, 0.3) is 11.1 Å². The molecule has 4 heteroatoms. The van der Waals surface area contributed by atoms with Crippen LogP contribution in [0.4, 0.5) is 0 Å². The highest BCUT2D eigenvalue weighted by Gasteiger charge is 2.42. The van der Waals surface area contributed by atoms with Gasteiger partial charge >= 0.3 is 0 Å². The number of hydrogen-bond acceptors (Lipinski definition) is 4. The first kappa shape index (κ1) is 20.0. The minimum atomic E-state index is -0.173. The second kappa shape index (κ2) is 8.98. The van der Waals surface area contributed by atoms with Crippen molar-refractivity contribution in [2.75, 3.05) is 39.6 Å². The fourth-order valence-electron chi connectivity index (χ4n) is 4.21. The Morgan fingerprint density at radius 1 is 0.704 bits per heavy atom. The number of aliphatic hydroxyl groups excluding tert-OH is 2. The van der Waals surface area contributed by atoms with E-state index in [9.17, 15) is 0 Å². The molecule has 0 spiro atoms. The lowest BCUT2D eigenvalue weighted by molar-refractivity contribution is 0.0646. The monoisotopic (exact) mass is 370 g/mol. The zero-order valence-corrected chi connectivity index (χ0v) is 16.3. The molecule has 27 heavy (non-hydrogen) atoms. The molecule has 0 aliphatic heterocycles. The lowest BCUT2D eigenvalue weighted by atomic mass is 9.72. The van der Waals surface area contributed by atoms with Gasteiger partial charge in [0.05, 0.1) is 26.4 Å². The van der Waals surface area contributed by atoms with Crippen LogP contribution in [0.3, 0.4) is 0 Å². The highest BCUT2D eigenvalue weighted by Crippen LogP contribution is 2.53. The number of ether oxygens (including phenoxy) is 2. The number of fused-ring (bicyclic) bond motifs is 3. The summed E-state index contributed by atoms with van der Waals surface area (Å²) in [6.07, 6.45) is 1.67. The van der Waals surface area contributed by atoms with E-state index < -0.39 is 0 Å². The van der Waals surface area contributed by atoms with Crippen LogP contribution in [0.1, 0.15) is 35.1 Å². The Hall–Kier alpha value is -1.72. The van der Waals surface area contributed by atoms with Gasteiger partial charge in [-0.1, -0.05) is 47.5 Å². The van der Waals surface area contributed by atoms with Crippen LogP contribution >= 0.6 is 0 Å². The van der Waals surface area contributed by atoms with E-state index in [4.69, 9.17) is 19.7 Å². The number of hydrogen-bond donors (Lipinski definition) is 2. The second-order valence-electron chi connectivity index (χ2n) is 7.35. The molecule has 2 aromatic carbocycles. The molecule has 0 fully saturated rings. The molecule has 146 valence electrons. The zero-order chi connectivity index (χ0) is 19.3. The maximum absolute atomic E-state index is 9.04. The Morgan fingerprint density at radius 2 is 1.15 bits per heavy atom. The molecule has 0 amide bonds. The molecule has 2 N–H and O–H groups in total. The van der Waals surface area contributed by atoms with Gasteiger partial charge in [0.25, 0.3) is 0 Å². The third kappa shape index (κ3) is 4.09. The minimum Gasteiger partial charge on any atom is -0.394 e. The Morgan fingerprint density at radius 3 is 1.56 bits per heavy atom. The maximum atomic E-state index is 9.04. The largest absolute Gasteiger partial charge is 0.394 e. The molecule has 0 saturated carbocycles. The van der Waals surface area contributed by atoms with E-state index in [1.807, 2.05) is 0 Å². The maximum Gasteiger partial charge on any atom is 0.0697 e. The molecule has 4 nitrogen and oxygen atoms in total. The Bertz CT molecular complexity index is 703. The van der Waals surface area contributed by atoms with Crippen LogP contribution in [-0.2, 0) is 14.9 Å². The Labute approximate surface area is 161 Å². The van der Waals surface area contributed by atoms with E-state index in [0.29, 0.717) is 26.4 Å². The van der Waals surface area contributed by atoms with Gasteiger partial charge in [0.15, 0.2) is 0 Å². The normalized spacial score (nSPS) is 14.2. The summed E-state index contributed by atoms with van der Waals surface area (Å²) in [6.45, 7) is 6.23. The summed E-state index contributed by atoms with van der Waals surface area (Å²) >= 11 is 0. The third-order valence-electron chi connectivity index (χ3n) is 5.49. The van der Waals surface area contributed by atoms with E-state index in [-0.39, 0.29) is 18.6 Å². The van der Waals surface area contributed by atoms with Gasteiger partial charge in [-0.3, -0.25) is 0 Å². The highest BCUT2D eigenvalue weighted by molar-refractivity contribution is 5.81. The summed E-state index contributed by atoms with van der Waals surface area (Å²) < 4.78 is 11.3. The lowest BCUT2D eigenvalue weighted by Gasteiger charge is -2.32. The van der Waals surface area contributed by atoms with Crippen molar-refractivity contribution in [1.29, 1.82) is 0 Å². The fraction of sp³-hybridized carbons (Fsp3) is 0.478. The zero-order valence-electron chi connectivity index (χ0n) is 16.3. The molecule has 0 saturated heterocycles. The van der Waals surface area contributed by atoms with Crippen LogP contribution in [0.15, 0.2) is 36.4 Å². The van der Waals surface area contributed by atoms with E-state index >= 15 is 0 Å². The van der Waals surface area contributed by atoms with Crippen LogP contribution in [-0.4, -0.2) is 49.9 Å². The smallest absolute Gasteiger partial charge is 0.0697 e. The van der Waals surface area contributed by atoms with E-state index in [0.717, 1.165) is 12.8 Å². The van der Waals surface area contributed by atoms with Crippen LogP contribution in [0, 0.1) is 13.8 Å². The van der Waals surface area contributed by atoms with Gasteiger partial charge in [0, 0.05) is 18.6 Å². The lowest BCUT2D eigenvalue weighted by Crippen LogP contribution is -2.29. The molecular formula is C23H30O4. The van der Waals surface area contributed by atoms with Gasteiger partial charge in [-0.2, -0.15) is 0 Å². The first-order chi connectivity index (χ1) is 13.1. The topological polar surface area (TPSA) is 58.9 Å². The van der Waals surface area contributed by atoms with Gasteiger partial charge in [0.2, 0.25) is 0 Å². The molecule has 2 aromatic rings. The van der Waals surface area contributed by atoms with E-state index in [2.05, 4.69) is 50.2 Å². The van der Waals surface area contributed by atoms with Crippen LogP contribution < -0.4 is 0 Å². The summed E-state index contributed by atoms with van der Waals surface area (Å²) in [5.41, 5.74) is 7.57. The van der Waals surface area contributed by atoms with E-state index in [1.54, 1.807) is 0 Å². The molecule has 0 aromatic heterocycles. The van der Waals surface area contributed by atoms with Crippen LogP contribution in [0.2, 0.25) is 0 Å². The van der Waals surface area contributed by atoms with Gasteiger partial charge in [0.1, 0.15) is 0 Å². The molecule has 0 radical (unpaired) electrons. The highest BCUT2D eigenvalue weighted by atomic mass is 16.5. The molecule has 0 bridgehead atoms. The second-order valence-corrected chi connectivity index (χ2v) is 7.35. The van der Waals surface area contributed by atoms with Gasteiger partial charge < -0.3 is 19.7 Å². The number of rotatable bonds is 10. The quantitative estimate of drug-likeness (QED) is 0.630. The van der Waals surface area contributed by atoms with Crippen molar-refractivity contribution in [3.63, 3.8) is 0 Å². The molecule has 0 heterocycles. The fourth-order valence-corrected chi connectivity index (χ4v) is 4.21. The van der Waals surface area contributed by atoms with Crippen molar-refractivity contribution < 1.29 is 19.7 Å². The average Bonchev–Trinajstić information content (AvgIpc) is 2.92. The van der Waals surface area contributed by atoms with Gasteiger partial charge in [-0.15, -0.1) is 0 Å². The molecule has 1 aliphatic carbocycles. The number of aryl methyl sites for hydroxylation is 2. The third-order valence-corrected chi connectivity index (χ3v) is 5.49. The molecule has 3 rings (SSSR count). The van der Waals surface area contributed by atoms with Crippen molar-refractivity contribution >= 4 is 0 Å². The van der Waals surface area contributed by atoms with Crippen molar-refractivity contribution in [1.82, 2.24) is 0 Å². The molecule has 0 unspecified atom stereocenters. The predicted molar refractivity (Wildman–Crippen MR) is 107 cm³/mol. The minimum absolute atomic E-state index is 0.0397. The summed E-state index contributed by atoms with van der Waals surface area (Å²) in [4.78, 5) is 0. The average molecular weight is 370 g/mol. The Kier molecular flexibility index (Phi) is 6.66. The Balaban J connectivity index is 2.03. The summed E-state index contributed by atoms with van der Waals surface area (Å²) in [5.74, 6) is 0. The van der Waals surface area contributed by atoms with Crippen molar-refractivity contribution in [3.8, 4) is 11.1 Å². The summed E-state index contributed by atoms with van der Waals surface area (Å²) in [7, 11) is 0. The van der Waals surface area contributed by atoms with Gasteiger partial charge in [-0.05, 0) is 48.9 Å². The van der Waals surface area contributed by atoms with Crippen molar-refractivity contribution in [3.05, 3.63) is 58.7 Å². The van der Waals surface area contributed by atoms with Crippen LogP contribution in [0.5, 0.6) is 0 Å². The number of benzene rings is 2. The molecule has 0 atom stereocenters. The van der Waals surface area contributed by atoms with Crippen molar-refractivity contribution in [2.24, 2.45) is 0 Å². The molecule has 1 aliphatic rings. The van der Waals surface area contributed by atoms with Gasteiger partial charge in [-0.25, -0.2) is 0 Å². The van der Waals surface area contributed by atoms with Crippen molar-refractivity contribution in [2.45, 2.75) is 32.1 Å². The standard InChI is InChI=1S/C23H30O4/c1-17-3-5-19-20-6-4-18(2)16-22(20)23(21(19)15-17,7-11-26-13-9-24)8-12-27-14-10-25/h3-6,15-16,24-25H,7-14H2,1-2H3. The first-order valence-electron chi connectivity index (χ1n) is 9.72. The summed E-state index contributed by atoms with van der Waals surface area (Å²) in [6, 6.07) is 13.4. The predicted octanol–water partition coefficient (Wildman–Crippen LogP) is 3.37. The SMILES string of the molecule is Cc1ccc2c(c1)C(CCOCCO)(CCOCCO)c1cc(C)ccc1-2.